The zero-order chi connectivity index (χ0) is 23.2. The predicted octanol–water partition coefficient (Wildman–Crippen LogP) is 2.28. The van der Waals surface area contributed by atoms with Crippen LogP contribution in [0.25, 0.3) is 0 Å². The summed E-state index contributed by atoms with van der Waals surface area (Å²) in [6.07, 6.45) is 2.10. The summed E-state index contributed by atoms with van der Waals surface area (Å²) in [6.45, 7) is -0.863. The van der Waals surface area contributed by atoms with Crippen molar-refractivity contribution in [3.05, 3.63) is 62.8 Å². The standard InChI is InChI=1S/C21H19F4N3O4/c22-6-10-2-1-3-27-9-16(10)28-8-13(18(29)19(30)17(28)21(27)32)20(31)26-7-12-14(24)4-11(23)5-15(12)25/h4-5,8,10,16,30H,1-3,6-7,9H2,(H,26,31)/t10-,16-/m1/s1. The number of fused-ring (bicyclic) bond motifs is 4. The molecule has 3 heterocycles. The Morgan fingerprint density at radius 1 is 1.19 bits per heavy atom. The summed E-state index contributed by atoms with van der Waals surface area (Å²) in [4.78, 5) is 39.4. The number of hydrogen-bond acceptors (Lipinski definition) is 4. The third kappa shape index (κ3) is 3.61. The molecule has 7 nitrogen and oxygen atoms in total. The number of pyridine rings is 1. The molecule has 1 aromatic heterocycles. The van der Waals surface area contributed by atoms with E-state index < -0.39 is 76.8 Å². The molecule has 2 aliphatic rings. The minimum absolute atomic E-state index is 0.162. The lowest BCUT2D eigenvalue weighted by atomic mass is 9.95. The first kappa shape index (κ1) is 21.8. The van der Waals surface area contributed by atoms with E-state index in [1.807, 2.05) is 0 Å². The number of rotatable bonds is 4. The Kier molecular flexibility index (Phi) is 5.66. The van der Waals surface area contributed by atoms with E-state index in [2.05, 4.69) is 5.32 Å². The molecular weight excluding hydrogens is 434 g/mol. The summed E-state index contributed by atoms with van der Waals surface area (Å²) >= 11 is 0. The van der Waals surface area contributed by atoms with Crippen molar-refractivity contribution in [3.63, 3.8) is 0 Å². The second kappa shape index (κ2) is 8.29. The minimum atomic E-state index is -1.22. The van der Waals surface area contributed by atoms with Crippen LogP contribution in [0, 0.1) is 23.4 Å². The van der Waals surface area contributed by atoms with Crippen LogP contribution in [0.15, 0.2) is 23.1 Å². The van der Waals surface area contributed by atoms with Gasteiger partial charge in [0, 0.05) is 49.4 Å². The van der Waals surface area contributed by atoms with Gasteiger partial charge in [-0.1, -0.05) is 0 Å². The van der Waals surface area contributed by atoms with Crippen molar-refractivity contribution >= 4 is 11.8 Å². The van der Waals surface area contributed by atoms with E-state index >= 15 is 0 Å². The van der Waals surface area contributed by atoms with E-state index in [1.165, 1.54) is 9.47 Å². The molecule has 2 aliphatic heterocycles. The number of carbonyl (C=O) groups excluding carboxylic acids is 2. The molecule has 4 rings (SSSR count). The molecule has 2 N–H and O–H groups in total. The highest BCUT2D eigenvalue weighted by atomic mass is 19.1. The number of carbonyl (C=O) groups is 2. The van der Waals surface area contributed by atoms with Gasteiger partial charge in [-0.15, -0.1) is 0 Å². The third-order valence-electron chi connectivity index (χ3n) is 5.99. The van der Waals surface area contributed by atoms with Crippen molar-refractivity contribution in [2.75, 3.05) is 19.8 Å². The van der Waals surface area contributed by atoms with Gasteiger partial charge in [0.05, 0.1) is 12.7 Å². The Labute approximate surface area is 179 Å². The van der Waals surface area contributed by atoms with Crippen LogP contribution in [0.2, 0.25) is 0 Å². The fourth-order valence-corrected chi connectivity index (χ4v) is 4.29. The quantitative estimate of drug-likeness (QED) is 0.695. The fraction of sp³-hybridized carbons (Fsp3) is 0.381. The van der Waals surface area contributed by atoms with Crippen LogP contribution in [0.3, 0.4) is 0 Å². The van der Waals surface area contributed by atoms with Crippen LogP contribution in [0.4, 0.5) is 17.6 Å². The molecule has 0 radical (unpaired) electrons. The van der Waals surface area contributed by atoms with Crippen LogP contribution in [0.1, 0.15) is 45.3 Å². The molecule has 32 heavy (non-hydrogen) atoms. The molecule has 170 valence electrons. The first-order chi connectivity index (χ1) is 15.2. The molecule has 1 saturated heterocycles. The van der Waals surface area contributed by atoms with E-state index in [9.17, 15) is 37.1 Å². The lowest BCUT2D eigenvalue weighted by molar-refractivity contribution is 0.0651. The topological polar surface area (TPSA) is 91.6 Å². The van der Waals surface area contributed by atoms with Gasteiger partial charge in [-0.25, -0.2) is 13.2 Å². The maximum Gasteiger partial charge on any atom is 0.274 e. The van der Waals surface area contributed by atoms with Crippen molar-refractivity contribution in [3.8, 4) is 5.75 Å². The van der Waals surface area contributed by atoms with E-state index in [0.717, 1.165) is 6.20 Å². The normalized spacial score (nSPS) is 20.0. The molecule has 1 aromatic carbocycles. The number of benzene rings is 1. The highest BCUT2D eigenvalue weighted by Crippen LogP contribution is 2.35. The predicted molar refractivity (Wildman–Crippen MR) is 103 cm³/mol. The summed E-state index contributed by atoms with van der Waals surface area (Å²) in [5, 5.41) is 12.6. The van der Waals surface area contributed by atoms with Gasteiger partial charge in [-0.05, 0) is 12.8 Å². The summed E-state index contributed by atoms with van der Waals surface area (Å²) in [5.74, 6) is -6.67. The number of nitrogens with one attached hydrogen (secondary N) is 1. The highest BCUT2D eigenvalue weighted by Gasteiger charge is 2.40. The first-order valence-electron chi connectivity index (χ1n) is 9.97. The largest absolute Gasteiger partial charge is 0.503 e. The lowest BCUT2D eigenvalue weighted by Gasteiger charge is -2.36. The minimum Gasteiger partial charge on any atom is -0.503 e. The highest BCUT2D eigenvalue weighted by molar-refractivity contribution is 5.99. The second-order valence-corrected chi connectivity index (χ2v) is 7.88. The fourth-order valence-electron chi connectivity index (χ4n) is 4.29. The van der Waals surface area contributed by atoms with E-state index in [1.54, 1.807) is 0 Å². The molecule has 0 unspecified atom stereocenters. The zero-order valence-electron chi connectivity index (χ0n) is 16.7. The van der Waals surface area contributed by atoms with Crippen molar-refractivity contribution in [1.29, 1.82) is 0 Å². The number of hydrogen-bond donors (Lipinski definition) is 2. The molecule has 0 saturated carbocycles. The van der Waals surface area contributed by atoms with E-state index in [-0.39, 0.29) is 12.2 Å². The molecule has 2 atom stereocenters. The molecule has 0 aliphatic carbocycles. The second-order valence-electron chi connectivity index (χ2n) is 7.88. The molecule has 11 heteroatoms. The number of halogens is 4. The Morgan fingerprint density at radius 3 is 2.53 bits per heavy atom. The Balaban J connectivity index is 1.70. The van der Waals surface area contributed by atoms with Gasteiger partial charge in [-0.2, -0.15) is 0 Å². The van der Waals surface area contributed by atoms with Crippen LogP contribution < -0.4 is 10.7 Å². The summed E-state index contributed by atoms with van der Waals surface area (Å²) in [6, 6.07) is 0.301. The summed E-state index contributed by atoms with van der Waals surface area (Å²) < 4.78 is 55.6. The molecular formula is C21H19F4N3O4. The Morgan fingerprint density at radius 2 is 1.88 bits per heavy atom. The third-order valence-corrected chi connectivity index (χ3v) is 5.99. The average molecular weight is 453 g/mol. The van der Waals surface area contributed by atoms with Gasteiger partial charge in [0.25, 0.3) is 11.8 Å². The van der Waals surface area contributed by atoms with Gasteiger partial charge < -0.3 is 19.9 Å². The van der Waals surface area contributed by atoms with Crippen molar-refractivity contribution < 1.29 is 32.3 Å². The molecule has 1 fully saturated rings. The smallest absolute Gasteiger partial charge is 0.274 e. The Hall–Kier alpha value is -3.37. The summed E-state index contributed by atoms with van der Waals surface area (Å²) in [5.41, 5.74) is -2.65. The van der Waals surface area contributed by atoms with Gasteiger partial charge >= 0.3 is 0 Å². The van der Waals surface area contributed by atoms with Gasteiger partial charge in [-0.3, -0.25) is 18.8 Å². The first-order valence-corrected chi connectivity index (χ1v) is 9.97. The van der Waals surface area contributed by atoms with E-state index in [4.69, 9.17) is 0 Å². The van der Waals surface area contributed by atoms with Crippen molar-refractivity contribution in [2.45, 2.75) is 25.4 Å². The van der Waals surface area contributed by atoms with Crippen LogP contribution >= 0.6 is 0 Å². The van der Waals surface area contributed by atoms with Gasteiger partial charge in [0.2, 0.25) is 5.43 Å². The number of aromatic hydroxyl groups is 1. The number of alkyl halides is 1. The molecule has 0 spiro atoms. The Bertz CT molecular complexity index is 1140. The summed E-state index contributed by atoms with van der Waals surface area (Å²) in [7, 11) is 0. The lowest BCUT2D eigenvalue weighted by Crippen LogP contribution is -2.46. The van der Waals surface area contributed by atoms with Crippen molar-refractivity contribution in [1.82, 2.24) is 14.8 Å². The average Bonchev–Trinajstić information content (AvgIpc) is 2.93. The van der Waals surface area contributed by atoms with Crippen LogP contribution in [0.5, 0.6) is 5.75 Å². The molecule has 2 aromatic rings. The van der Waals surface area contributed by atoms with Crippen LogP contribution in [-0.2, 0) is 6.54 Å². The zero-order valence-corrected chi connectivity index (χ0v) is 16.7. The molecule has 2 bridgehead atoms. The number of nitrogens with zero attached hydrogens (tertiary/aromatic N) is 2. The monoisotopic (exact) mass is 453 g/mol. The maximum absolute atomic E-state index is 13.8. The molecule has 2 amide bonds. The number of amides is 2. The van der Waals surface area contributed by atoms with E-state index in [0.29, 0.717) is 31.5 Å². The van der Waals surface area contributed by atoms with Gasteiger partial charge in [0.1, 0.15) is 23.0 Å². The van der Waals surface area contributed by atoms with Crippen molar-refractivity contribution in [2.24, 2.45) is 5.92 Å². The number of aromatic nitrogens is 1. The maximum atomic E-state index is 13.8. The SMILES string of the molecule is O=C(NCc1c(F)cc(F)cc1F)c1cn2c(c(O)c1=O)C(=O)N1CCC[C@H](CF)[C@H]2C1. The van der Waals surface area contributed by atoms with Gasteiger partial charge in [0.15, 0.2) is 11.4 Å². The van der Waals surface area contributed by atoms with Crippen LogP contribution in [-0.4, -0.2) is 46.2 Å².